The van der Waals surface area contributed by atoms with Crippen LogP contribution in [0.4, 0.5) is 0 Å². The molecule has 0 spiro atoms. The average Bonchev–Trinajstić information content (AvgIpc) is 2.56. The van der Waals surface area contributed by atoms with Crippen LogP contribution in [0.2, 0.25) is 0 Å². The van der Waals surface area contributed by atoms with Gasteiger partial charge in [-0.2, -0.15) is 0 Å². The second-order valence-corrected chi connectivity index (χ2v) is 15.0. The molecule has 0 aliphatic rings. The van der Waals surface area contributed by atoms with Crippen LogP contribution in [-0.2, 0) is 12.4 Å². The van der Waals surface area contributed by atoms with Crippen LogP contribution in [0.3, 0.4) is 0 Å². The molecule has 0 N–H and O–H groups in total. The molecule has 2 heteroatoms. The van der Waals surface area contributed by atoms with Gasteiger partial charge in [0, 0.05) is 0 Å². The Hall–Kier alpha value is -1.59. The summed E-state index contributed by atoms with van der Waals surface area (Å²) in [5.41, 5.74) is 0. The first-order valence-corrected chi connectivity index (χ1v) is 13.3. The number of rotatable bonds is 3. The maximum absolute atomic E-state index is 2.31. The molecule has 0 saturated carbocycles. The fourth-order valence-corrected chi connectivity index (χ4v) is 10.4. The van der Waals surface area contributed by atoms with E-state index in [-0.39, 0.29) is 0 Å². The van der Waals surface area contributed by atoms with Gasteiger partial charge in [0.25, 0.3) is 0 Å². The summed E-state index contributed by atoms with van der Waals surface area (Å²) in [4.78, 5) is 0. The molecule has 3 rings (SSSR count). The van der Waals surface area contributed by atoms with E-state index in [0.717, 1.165) is 0 Å². The molecule has 0 amide bonds. The zero-order chi connectivity index (χ0) is 13.8. The van der Waals surface area contributed by atoms with Gasteiger partial charge in [0.2, 0.25) is 0 Å². The predicted octanol–water partition coefficient (Wildman–Crippen LogP) is 1.40. The zero-order valence-electron chi connectivity index (χ0n) is 11.6. The third-order valence-electron chi connectivity index (χ3n) is 3.64. The van der Waals surface area contributed by atoms with Crippen LogP contribution in [0.25, 0.3) is 0 Å². The van der Waals surface area contributed by atoms with Crippen LogP contribution in [0.5, 0.6) is 0 Å². The van der Waals surface area contributed by atoms with Crippen LogP contribution in [0.15, 0.2) is 91.0 Å². The Morgan fingerprint density at radius 2 is 0.700 bits per heavy atom. The van der Waals surface area contributed by atoms with E-state index < -0.39 is 12.4 Å². The number of hydrogen-bond donors (Lipinski definition) is 0. The van der Waals surface area contributed by atoms with Crippen LogP contribution >= 0.6 is 0 Å². The molecule has 0 bridgehead atoms. The Morgan fingerprint density at radius 3 is 0.950 bits per heavy atom. The van der Waals surface area contributed by atoms with Crippen LogP contribution < -0.4 is 13.3 Å². The minimum atomic E-state index is -1.96. The first kappa shape index (κ1) is 13.4. The van der Waals surface area contributed by atoms with E-state index in [1.54, 1.807) is 0 Å². The summed E-state index contributed by atoms with van der Waals surface area (Å²) >= 11 is -1.96. The first-order chi connectivity index (χ1) is 9.82. The second-order valence-electron chi connectivity index (χ2n) is 4.86. The fourth-order valence-electron chi connectivity index (χ4n) is 2.49. The van der Waals surface area contributed by atoms with Crippen LogP contribution in [-0.4, -0.2) is 8.80 Å². The topological polar surface area (TPSA) is 0 Å². The molecule has 3 aromatic rings. The molecule has 3 aromatic carbocycles. The van der Waals surface area contributed by atoms with Gasteiger partial charge in [-0.3, -0.25) is 0 Å². The van der Waals surface area contributed by atoms with Crippen molar-refractivity contribution in [1.29, 1.82) is 0 Å². The number of hydrogen-bond acceptors (Lipinski definition) is 0. The third kappa shape index (κ3) is 2.39. The van der Waals surface area contributed by atoms with Gasteiger partial charge >= 0.3 is 126 Å². The molecule has 0 radical (unpaired) electrons. The maximum atomic E-state index is 2.31. The van der Waals surface area contributed by atoms with Crippen LogP contribution in [0.1, 0.15) is 0 Å². The summed E-state index contributed by atoms with van der Waals surface area (Å²) in [6.45, 7) is 0. The van der Waals surface area contributed by atoms with Gasteiger partial charge in [0.1, 0.15) is 0 Å². The van der Waals surface area contributed by atoms with Crippen LogP contribution in [0, 0.1) is 0 Å². The molecule has 0 atom stereocenters. The Labute approximate surface area is 125 Å². The molecule has 0 saturated heterocycles. The van der Waals surface area contributed by atoms with Gasteiger partial charge < -0.3 is 0 Å². The van der Waals surface area contributed by atoms with E-state index in [0.29, 0.717) is 0 Å². The van der Waals surface area contributed by atoms with Crippen molar-refractivity contribution in [3.05, 3.63) is 91.0 Å². The monoisotopic (exact) mass is 314 g/mol. The second kappa shape index (κ2) is 5.81. The van der Waals surface area contributed by atoms with Crippen molar-refractivity contribution in [2.24, 2.45) is 0 Å². The summed E-state index contributed by atoms with van der Waals surface area (Å²) in [6.07, 6.45) is 0. The fraction of sp³-hybridized carbons (Fsp3) is 0. The molecule has 100 valence electrons. The normalized spacial score (nSPS) is 12.2. The standard InChI is InChI=1S/3C6H5.Cr.H3Si/c3*1-2-4-6-5-3-1;;/h3*1-5H;;1H3. The van der Waals surface area contributed by atoms with E-state index >= 15 is 0 Å². The number of benzene rings is 3. The van der Waals surface area contributed by atoms with E-state index in [4.69, 9.17) is 0 Å². The third-order valence-corrected chi connectivity index (χ3v) is 15.2. The van der Waals surface area contributed by atoms with Gasteiger partial charge in [-0.25, -0.2) is 0 Å². The van der Waals surface area contributed by atoms with E-state index in [2.05, 4.69) is 91.0 Å². The van der Waals surface area contributed by atoms with Gasteiger partial charge in [-0.1, -0.05) is 0 Å². The predicted molar refractivity (Wildman–Crippen MR) is 88.2 cm³/mol. The molecule has 0 heterocycles. The molecule has 0 aromatic heterocycles. The van der Waals surface area contributed by atoms with E-state index in [1.165, 1.54) is 22.1 Å². The average molecular weight is 314 g/mol. The Balaban J connectivity index is 2.24. The minimum absolute atomic E-state index is 1.19. The summed E-state index contributed by atoms with van der Waals surface area (Å²) in [5.74, 6) is 0. The van der Waals surface area contributed by atoms with Crippen molar-refractivity contribution in [3.63, 3.8) is 0 Å². The molecular formula is C18H18CrSi. The van der Waals surface area contributed by atoms with E-state index in [1.807, 2.05) is 0 Å². The Bertz CT molecular complexity index is 569. The van der Waals surface area contributed by atoms with Crippen molar-refractivity contribution in [2.75, 3.05) is 0 Å². The Kier molecular flexibility index (Phi) is 3.89. The van der Waals surface area contributed by atoms with Gasteiger partial charge in [0.15, 0.2) is 0 Å². The first-order valence-electron chi connectivity index (χ1n) is 6.75. The van der Waals surface area contributed by atoms with Crippen molar-refractivity contribution < 1.29 is 12.4 Å². The van der Waals surface area contributed by atoms with Crippen molar-refractivity contribution >= 4 is 22.1 Å². The molecule has 20 heavy (non-hydrogen) atoms. The molecule has 0 nitrogen and oxygen atoms in total. The summed E-state index contributed by atoms with van der Waals surface area (Å²) in [7, 11) is 1.19. The van der Waals surface area contributed by atoms with E-state index in [9.17, 15) is 0 Å². The quantitative estimate of drug-likeness (QED) is 0.641. The zero-order valence-corrected chi connectivity index (χ0v) is 14.8. The SMILES string of the molecule is [SiH3][Cr]([c]1ccccc1)([c]1ccccc1)[c]1ccccc1. The summed E-state index contributed by atoms with van der Waals surface area (Å²) in [6, 6.07) is 33.2. The van der Waals surface area contributed by atoms with Crippen molar-refractivity contribution in [1.82, 2.24) is 0 Å². The van der Waals surface area contributed by atoms with Gasteiger partial charge in [-0.05, 0) is 0 Å². The molecule has 0 aliphatic heterocycles. The van der Waals surface area contributed by atoms with Gasteiger partial charge in [-0.15, -0.1) is 0 Å². The molecule has 0 unspecified atom stereocenters. The van der Waals surface area contributed by atoms with Gasteiger partial charge in [0.05, 0.1) is 0 Å². The molecular weight excluding hydrogens is 296 g/mol. The summed E-state index contributed by atoms with van der Waals surface area (Å²) in [5, 5.41) is 0. The summed E-state index contributed by atoms with van der Waals surface area (Å²) < 4.78 is 4.61. The Morgan fingerprint density at radius 1 is 0.450 bits per heavy atom. The molecule has 0 aliphatic carbocycles. The molecule has 0 fully saturated rings. The van der Waals surface area contributed by atoms with Crippen molar-refractivity contribution in [2.45, 2.75) is 0 Å². The van der Waals surface area contributed by atoms with Crippen molar-refractivity contribution in [3.8, 4) is 0 Å².